The van der Waals surface area contributed by atoms with Gasteiger partial charge in [-0.1, -0.05) is 100 Å². The molecule has 0 N–H and O–H groups in total. The highest BCUT2D eigenvalue weighted by molar-refractivity contribution is 5.31. The predicted molar refractivity (Wildman–Crippen MR) is 174 cm³/mol. The molecule has 0 aliphatic heterocycles. The van der Waals surface area contributed by atoms with E-state index in [9.17, 15) is 0 Å². The minimum absolute atomic E-state index is 0.678. The van der Waals surface area contributed by atoms with Crippen LogP contribution >= 0.6 is 0 Å². The number of rotatable bonds is 8. The third-order valence-corrected chi connectivity index (χ3v) is 11.4. The normalized spacial score (nSPS) is 30.9. The average molecular weight is 551 g/mol. The van der Waals surface area contributed by atoms with Crippen molar-refractivity contribution in [3.8, 4) is 0 Å². The molecule has 41 heavy (non-hydrogen) atoms. The monoisotopic (exact) mass is 550 g/mol. The van der Waals surface area contributed by atoms with E-state index in [1.807, 2.05) is 0 Å². The molecule has 2 fully saturated rings. The van der Waals surface area contributed by atoms with Gasteiger partial charge in [0.2, 0.25) is 0 Å². The first-order chi connectivity index (χ1) is 20.1. The largest absolute Gasteiger partial charge is 0.373 e. The molecule has 2 aromatic carbocycles. The van der Waals surface area contributed by atoms with Crippen LogP contribution in [0.25, 0.3) is 0 Å². The summed E-state index contributed by atoms with van der Waals surface area (Å²) in [5, 5.41) is 0. The Morgan fingerprint density at radius 2 is 0.805 bits per heavy atom. The lowest BCUT2D eigenvalue weighted by molar-refractivity contribution is 0.172. The van der Waals surface area contributed by atoms with E-state index in [4.69, 9.17) is 4.74 Å². The van der Waals surface area contributed by atoms with E-state index in [0.29, 0.717) is 11.8 Å². The van der Waals surface area contributed by atoms with E-state index in [1.165, 1.54) is 112 Å². The molecule has 0 radical (unpaired) electrons. The molecule has 0 spiro atoms. The highest BCUT2D eigenvalue weighted by atomic mass is 16.5. The zero-order valence-electron chi connectivity index (χ0n) is 26.0. The van der Waals surface area contributed by atoms with Gasteiger partial charge in [-0.25, -0.2) is 0 Å². The lowest BCUT2D eigenvalue weighted by atomic mass is 9.78. The van der Waals surface area contributed by atoms with Gasteiger partial charge in [0, 0.05) is 0 Å². The van der Waals surface area contributed by atoms with Crippen molar-refractivity contribution >= 4 is 0 Å². The highest BCUT2D eigenvalue weighted by Crippen LogP contribution is 2.39. The molecule has 0 aromatic heterocycles. The number of benzene rings is 2. The van der Waals surface area contributed by atoms with Crippen molar-refractivity contribution in [2.45, 2.75) is 127 Å². The van der Waals surface area contributed by atoms with E-state index in [0.717, 1.165) is 36.9 Å². The van der Waals surface area contributed by atoms with Crippen LogP contribution in [0.2, 0.25) is 0 Å². The summed E-state index contributed by atoms with van der Waals surface area (Å²) in [5.41, 5.74) is 9.24. The molecule has 4 aliphatic rings. The Morgan fingerprint density at radius 3 is 1.12 bits per heavy atom. The molecule has 220 valence electrons. The summed E-state index contributed by atoms with van der Waals surface area (Å²) in [6, 6.07) is 19.5. The van der Waals surface area contributed by atoms with Gasteiger partial charge in [0.1, 0.15) is 0 Å². The molecule has 0 amide bonds. The Bertz CT molecular complexity index is 1060. The summed E-state index contributed by atoms with van der Waals surface area (Å²) in [6.07, 6.45) is 23.3. The average Bonchev–Trinajstić information content (AvgIpc) is 3.03. The van der Waals surface area contributed by atoms with Gasteiger partial charge in [-0.3, -0.25) is 0 Å². The van der Waals surface area contributed by atoms with Crippen molar-refractivity contribution in [1.82, 2.24) is 0 Å². The van der Waals surface area contributed by atoms with Gasteiger partial charge in [0.25, 0.3) is 0 Å². The van der Waals surface area contributed by atoms with E-state index >= 15 is 0 Å². The first-order valence-corrected chi connectivity index (χ1v) is 17.2. The number of allylic oxidation sites excluding steroid dienone is 2. The minimum atomic E-state index is 0.678. The van der Waals surface area contributed by atoms with Gasteiger partial charge in [-0.15, -0.1) is 0 Å². The lowest BCUT2D eigenvalue weighted by Crippen LogP contribution is -2.12. The van der Waals surface area contributed by atoms with Crippen LogP contribution in [0.15, 0.2) is 71.8 Å². The maximum Gasteiger partial charge on any atom is 0.0681 e. The number of hydrogen-bond donors (Lipinski definition) is 0. The second-order valence-corrected chi connectivity index (χ2v) is 14.4. The van der Waals surface area contributed by atoms with Crippen molar-refractivity contribution in [1.29, 1.82) is 0 Å². The Balaban J connectivity index is 0.913. The van der Waals surface area contributed by atoms with Gasteiger partial charge in [0.15, 0.2) is 0 Å². The second-order valence-electron chi connectivity index (χ2n) is 14.4. The summed E-state index contributed by atoms with van der Waals surface area (Å²) in [6.45, 7) is 6.45. The Morgan fingerprint density at radius 1 is 0.463 bits per heavy atom. The van der Waals surface area contributed by atoms with Gasteiger partial charge in [-0.05, 0) is 133 Å². The maximum atomic E-state index is 6.24. The maximum absolute atomic E-state index is 6.24. The van der Waals surface area contributed by atoms with E-state index in [-0.39, 0.29) is 0 Å². The zero-order chi connectivity index (χ0) is 28.0. The Kier molecular flexibility index (Phi) is 9.82. The van der Waals surface area contributed by atoms with E-state index in [2.05, 4.69) is 74.5 Å². The second kappa shape index (κ2) is 13.9. The molecule has 4 aliphatic carbocycles. The number of ether oxygens (including phenoxy) is 1. The van der Waals surface area contributed by atoms with Crippen LogP contribution in [0, 0.1) is 11.8 Å². The fraction of sp³-hybridized carbons (Fsp3) is 0.600. The van der Waals surface area contributed by atoms with Crippen molar-refractivity contribution < 1.29 is 4.74 Å². The van der Waals surface area contributed by atoms with E-state index in [1.54, 1.807) is 11.1 Å². The molecule has 0 heterocycles. The predicted octanol–water partition coefficient (Wildman–Crippen LogP) is 11.4. The van der Waals surface area contributed by atoms with Crippen LogP contribution in [0.5, 0.6) is 0 Å². The molecule has 2 atom stereocenters. The van der Waals surface area contributed by atoms with Crippen LogP contribution in [0.1, 0.15) is 150 Å². The molecule has 0 saturated heterocycles. The third kappa shape index (κ3) is 7.64. The summed E-state index contributed by atoms with van der Waals surface area (Å²) >= 11 is 0. The van der Waals surface area contributed by atoms with Gasteiger partial charge in [-0.2, -0.15) is 0 Å². The molecule has 2 aromatic rings. The van der Waals surface area contributed by atoms with Crippen LogP contribution in [0.4, 0.5) is 0 Å². The van der Waals surface area contributed by atoms with Gasteiger partial charge in [0.05, 0.1) is 13.2 Å². The van der Waals surface area contributed by atoms with Crippen LogP contribution in [0.3, 0.4) is 0 Å². The van der Waals surface area contributed by atoms with Gasteiger partial charge < -0.3 is 4.74 Å². The molecule has 0 bridgehead atoms. The van der Waals surface area contributed by atoms with Crippen LogP contribution in [-0.4, -0.2) is 13.2 Å². The molecular weight excluding hydrogens is 496 g/mol. The van der Waals surface area contributed by atoms with Gasteiger partial charge >= 0.3 is 0 Å². The van der Waals surface area contributed by atoms with Crippen LogP contribution < -0.4 is 0 Å². The SMILES string of the molecule is CC1CCC(c2ccc(C3CC=C(COCC4=CCC(c5ccc(C6CCC(C)CC6)cc5)CC4)CC3)cc2)CC1. The summed E-state index contributed by atoms with van der Waals surface area (Å²) in [7, 11) is 0. The van der Waals surface area contributed by atoms with E-state index < -0.39 is 0 Å². The lowest BCUT2D eigenvalue weighted by Gasteiger charge is -2.27. The molecule has 2 unspecified atom stereocenters. The summed E-state index contributed by atoms with van der Waals surface area (Å²) in [5.74, 6) is 4.79. The van der Waals surface area contributed by atoms with Crippen molar-refractivity contribution in [3.63, 3.8) is 0 Å². The molecule has 6 rings (SSSR count). The fourth-order valence-corrected chi connectivity index (χ4v) is 8.23. The van der Waals surface area contributed by atoms with Crippen molar-refractivity contribution in [2.75, 3.05) is 13.2 Å². The van der Waals surface area contributed by atoms with Crippen LogP contribution in [-0.2, 0) is 4.74 Å². The Labute approximate surface area is 250 Å². The minimum Gasteiger partial charge on any atom is -0.373 e. The quantitative estimate of drug-likeness (QED) is 0.297. The highest BCUT2D eigenvalue weighted by Gasteiger charge is 2.23. The van der Waals surface area contributed by atoms with Crippen molar-refractivity contribution in [3.05, 3.63) is 94.1 Å². The topological polar surface area (TPSA) is 9.23 Å². The van der Waals surface area contributed by atoms with Crippen molar-refractivity contribution in [2.24, 2.45) is 11.8 Å². The molecule has 1 heteroatoms. The Hall–Kier alpha value is -2.12. The number of hydrogen-bond acceptors (Lipinski definition) is 1. The smallest absolute Gasteiger partial charge is 0.0681 e. The standard InChI is InChI=1S/C40H54O/c1-29-3-11-33(12-4-29)37-19-23-39(24-20-37)35-15-7-31(8-16-35)27-41-28-32-9-17-36(18-10-32)40-25-21-38(22-26-40)34-13-5-30(2)6-14-34/h7,9,19-26,29-30,33-36H,3-6,8,10-18,27-28H2,1-2H3. The summed E-state index contributed by atoms with van der Waals surface area (Å²) < 4.78 is 6.24. The molecule has 1 nitrogen and oxygen atoms in total. The first-order valence-electron chi connectivity index (χ1n) is 17.2. The zero-order valence-corrected chi connectivity index (χ0v) is 26.0. The summed E-state index contributed by atoms with van der Waals surface area (Å²) in [4.78, 5) is 0. The third-order valence-electron chi connectivity index (χ3n) is 11.4. The fourth-order valence-electron chi connectivity index (χ4n) is 8.23. The molecular formula is C40H54O. The molecule has 2 saturated carbocycles. The first kappa shape index (κ1) is 29.0.